The number of nitrogens with one attached hydrogen (secondary N) is 1. The summed E-state index contributed by atoms with van der Waals surface area (Å²) in [5.41, 5.74) is 0.270. The van der Waals surface area contributed by atoms with Gasteiger partial charge in [0.25, 0.3) is 0 Å². The molecule has 1 aliphatic carbocycles. The third-order valence-corrected chi connectivity index (χ3v) is 6.69. The first-order valence-corrected chi connectivity index (χ1v) is 11.0. The van der Waals surface area contributed by atoms with Crippen molar-refractivity contribution in [2.24, 2.45) is 0 Å². The summed E-state index contributed by atoms with van der Waals surface area (Å²) in [6.07, 6.45) is 6.95. The van der Waals surface area contributed by atoms with Gasteiger partial charge in [0, 0.05) is 18.9 Å². The maximum absolute atomic E-state index is 13.0. The van der Waals surface area contributed by atoms with Crippen LogP contribution in [0.5, 0.6) is 5.75 Å². The molecule has 0 unspecified atom stereocenters. The predicted octanol–water partition coefficient (Wildman–Crippen LogP) is 2.74. The first-order valence-electron chi connectivity index (χ1n) is 9.48. The summed E-state index contributed by atoms with van der Waals surface area (Å²) in [4.78, 5) is 25.4. The third kappa shape index (κ3) is 4.50. The van der Waals surface area contributed by atoms with Crippen LogP contribution in [0.25, 0.3) is 0 Å². The topological polar surface area (TPSA) is 92.8 Å². The molecule has 1 saturated heterocycles. The zero-order valence-corrected chi connectivity index (χ0v) is 16.4. The molecule has 7 nitrogen and oxygen atoms in total. The highest BCUT2D eigenvalue weighted by molar-refractivity contribution is 7.89. The molecule has 27 heavy (non-hydrogen) atoms. The van der Waals surface area contributed by atoms with Gasteiger partial charge in [0.1, 0.15) is 10.6 Å². The number of benzene rings is 1. The van der Waals surface area contributed by atoms with E-state index in [0.29, 0.717) is 6.42 Å². The summed E-state index contributed by atoms with van der Waals surface area (Å²) in [5, 5.41) is 0. The Hall–Kier alpha value is -1.93. The number of amides is 2. The average molecular weight is 394 g/mol. The van der Waals surface area contributed by atoms with Gasteiger partial charge in [-0.2, -0.15) is 0 Å². The Morgan fingerprint density at radius 1 is 1.00 bits per heavy atom. The van der Waals surface area contributed by atoms with Gasteiger partial charge in [0.2, 0.25) is 21.8 Å². The van der Waals surface area contributed by atoms with Crippen LogP contribution in [0.2, 0.25) is 0 Å². The van der Waals surface area contributed by atoms with Crippen molar-refractivity contribution in [1.82, 2.24) is 4.72 Å². The van der Waals surface area contributed by atoms with Crippen LogP contribution in [0.4, 0.5) is 5.69 Å². The molecule has 0 spiro atoms. The van der Waals surface area contributed by atoms with Crippen LogP contribution in [-0.2, 0) is 19.6 Å². The molecular weight excluding hydrogens is 368 g/mol. The molecule has 1 aliphatic heterocycles. The molecule has 1 heterocycles. The minimum Gasteiger partial charge on any atom is -0.495 e. The Labute approximate surface area is 160 Å². The Kier molecular flexibility index (Phi) is 6.16. The number of rotatable bonds is 5. The number of hydrogen-bond donors (Lipinski definition) is 1. The van der Waals surface area contributed by atoms with Crippen LogP contribution in [-0.4, -0.2) is 33.4 Å². The summed E-state index contributed by atoms with van der Waals surface area (Å²) < 4.78 is 34.0. The summed E-state index contributed by atoms with van der Waals surface area (Å²) in [6.45, 7) is 0. The molecule has 1 N–H and O–H groups in total. The van der Waals surface area contributed by atoms with Crippen LogP contribution in [0, 0.1) is 0 Å². The van der Waals surface area contributed by atoms with E-state index in [2.05, 4.69) is 4.72 Å². The highest BCUT2D eigenvalue weighted by Crippen LogP contribution is 2.31. The zero-order valence-electron chi connectivity index (χ0n) is 15.6. The second-order valence-electron chi connectivity index (χ2n) is 7.12. The van der Waals surface area contributed by atoms with Crippen molar-refractivity contribution in [2.45, 2.75) is 68.7 Å². The second-order valence-corrected chi connectivity index (χ2v) is 8.80. The normalized spacial score (nSPS) is 19.8. The lowest BCUT2D eigenvalue weighted by Crippen LogP contribution is -2.40. The fourth-order valence-electron chi connectivity index (χ4n) is 3.74. The van der Waals surface area contributed by atoms with Crippen LogP contribution in [0.15, 0.2) is 23.1 Å². The zero-order chi connectivity index (χ0) is 19.4. The first kappa shape index (κ1) is 19.8. The van der Waals surface area contributed by atoms with Crippen molar-refractivity contribution in [1.29, 1.82) is 0 Å². The molecular formula is C19H26N2O5S. The van der Waals surface area contributed by atoms with E-state index in [4.69, 9.17) is 4.74 Å². The lowest BCUT2D eigenvalue weighted by molar-refractivity contribution is -0.129. The molecule has 0 bridgehead atoms. The lowest BCUT2D eigenvalue weighted by atomic mass is 10.1. The summed E-state index contributed by atoms with van der Waals surface area (Å²) in [6, 6.07) is 4.29. The van der Waals surface area contributed by atoms with E-state index in [9.17, 15) is 18.0 Å². The number of ether oxygens (including phenoxy) is 1. The molecule has 3 rings (SSSR count). The number of anilines is 1. The van der Waals surface area contributed by atoms with Crippen molar-refractivity contribution < 1.29 is 22.7 Å². The molecule has 8 heteroatoms. The Morgan fingerprint density at radius 3 is 2.22 bits per heavy atom. The molecule has 1 saturated carbocycles. The Balaban J connectivity index is 1.92. The third-order valence-electron chi connectivity index (χ3n) is 5.15. The summed E-state index contributed by atoms with van der Waals surface area (Å²) in [7, 11) is -2.44. The maximum atomic E-state index is 13.0. The van der Waals surface area contributed by atoms with Gasteiger partial charge in [0.15, 0.2) is 0 Å². The van der Waals surface area contributed by atoms with Crippen LogP contribution in [0.3, 0.4) is 0 Å². The number of piperidine rings is 1. The van der Waals surface area contributed by atoms with Gasteiger partial charge in [-0.15, -0.1) is 0 Å². The Bertz CT molecular complexity index is 797. The highest BCUT2D eigenvalue weighted by Gasteiger charge is 2.30. The van der Waals surface area contributed by atoms with E-state index in [1.165, 1.54) is 19.2 Å². The van der Waals surface area contributed by atoms with Gasteiger partial charge < -0.3 is 4.74 Å². The van der Waals surface area contributed by atoms with Gasteiger partial charge in [-0.1, -0.05) is 25.7 Å². The lowest BCUT2D eigenvalue weighted by Gasteiger charge is -2.26. The number of nitrogens with zero attached hydrogens (tertiary/aromatic N) is 1. The fraction of sp³-hybridized carbons (Fsp3) is 0.579. The summed E-state index contributed by atoms with van der Waals surface area (Å²) in [5.74, 6) is -0.426. The quantitative estimate of drug-likeness (QED) is 0.612. The molecule has 2 aliphatic rings. The van der Waals surface area contributed by atoms with E-state index in [0.717, 1.165) is 43.4 Å². The monoisotopic (exact) mass is 394 g/mol. The minimum atomic E-state index is -3.84. The minimum absolute atomic E-state index is 0.0436. The molecule has 0 aromatic heterocycles. The van der Waals surface area contributed by atoms with E-state index in [1.807, 2.05) is 0 Å². The molecule has 2 fully saturated rings. The van der Waals surface area contributed by atoms with Crippen molar-refractivity contribution in [3.05, 3.63) is 18.2 Å². The van der Waals surface area contributed by atoms with Gasteiger partial charge in [-0.25, -0.2) is 13.1 Å². The molecule has 0 radical (unpaired) electrons. The number of methoxy groups -OCH3 is 1. The second kappa shape index (κ2) is 8.39. The maximum Gasteiger partial charge on any atom is 0.244 e. The molecule has 2 amide bonds. The molecule has 1 aromatic rings. The number of carbonyl (C=O) groups is 2. The standard InChI is InChI=1S/C19H26N2O5S/c1-26-16-12-11-15(21-18(22)9-6-10-19(21)23)13-17(16)27(24,25)20-14-7-4-2-3-5-8-14/h11-14,20H,2-10H2,1H3. The highest BCUT2D eigenvalue weighted by atomic mass is 32.2. The number of hydrogen-bond acceptors (Lipinski definition) is 5. The molecule has 0 atom stereocenters. The van der Waals surface area contributed by atoms with Gasteiger partial charge in [-0.3, -0.25) is 14.5 Å². The largest absolute Gasteiger partial charge is 0.495 e. The molecule has 1 aromatic carbocycles. The summed E-state index contributed by atoms with van der Waals surface area (Å²) >= 11 is 0. The number of carbonyl (C=O) groups excluding carboxylic acids is 2. The van der Waals surface area contributed by atoms with Crippen molar-refractivity contribution >= 4 is 27.5 Å². The van der Waals surface area contributed by atoms with E-state index in [1.54, 1.807) is 6.07 Å². The van der Waals surface area contributed by atoms with Gasteiger partial charge in [-0.05, 0) is 37.5 Å². The van der Waals surface area contributed by atoms with E-state index < -0.39 is 10.0 Å². The first-order chi connectivity index (χ1) is 12.9. The average Bonchev–Trinajstić information content (AvgIpc) is 2.89. The smallest absolute Gasteiger partial charge is 0.244 e. The number of sulfonamides is 1. The number of imide groups is 1. The van der Waals surface area contributed by atoms with Gasteiger partial charge >= 0.3 is 0 Å². The molecule has 148 valence electrons. The SMILES string of the molecule is COc1ccc(N2C(=O)CCCC2=O)cc1S(=O)(=O)NC1CCCCCC1. The van der Waals surface area contributed by atoms with Crippen molar-refractivity contribution in [2.75, 3.05) is 12.0 Å². The Morgan fingerprint density at radius 2 is 1.63 bits per heavy atom. The van der Waals surface area contributed by atoms with E-state index >= 15 is 0 Å². The van der Waals surface area contributed by atoms with Crippen LogP contribution >= 0.6 is 0 Å². The van der Waals surface area contributed by atoms with Gasteiger partial charge in [0.05, 0.1) is 12.8 Å². The van der Waals surface area contributed by atoms with Crippen LogP contribution < -0.4 is 14.4 Å². The van der Waals surface area contributed by atoms with E-state index in [-0.39, 0.29) is 47.0 Å². The predicted molar refractivity (Wildman–Crippen MR) is 101 cm³/mol. The fourth-order valence-corrected chi connectivity index (χ4v) is 5.23. The van der Waals surface area contributed by atoms with Crippen molar-refractivity contribution in [3.63, 3.8) is 0 Å². The van der Waals surface area contributed by atoms with Crippen molar-refractivity contribution in [3.8, 4) is 5.75 Å². The van der Waals surface area contributed by atoms with Crippen LogP contribution in [0.1, 0.15) is 57.8 Å².